The Balaban J connectivity index is 1.47. The maximum absolute atomic E-state index is 12.4. The average Bonchev–Trinajstić information content (AvgIpc) is 3.23. The Hall–Kier alpha value is -2.11. The first-order chi connectivity index (χ1) is 10.6. The SMILES string of the molecule is Cc1ccc(C(=O)N2CCC(NC(=O)NCC3CC3)C2)cn1. The fourth-order valence-corrected chi connectivity index (χ4v) is 2.63. The van der Waals surface area contributed by atoms with Crippen molar-refractivity contribution in [2.45, 2.75) is 32.2 Å². The van der Waals surface area contributed by atoms with E-state index >= 15 is 0 Å². The van der Waals surface area contributed by atoms with Gasteiger partial charge in [-0.3, -0.25) is 9.78 Å². The highest BCUT2D eigenvalue weighted by molar-refractivity contribution is 5.94. The third kappa shape index (κ3) is 3.75. The summed E-state index contributed by atoms with van der Waals surface area (Å²) < 4.78 is 0. The molecule has 2 heterocycles. The van der Waals surface area contributed by atoms with Gasteiger partial charge in [-0.2, -0.15) is 0 Å². The van der Waals surface area contributed by atoms with Gasteiger partial charge in [0.1, 0.15) is 0 Å². The van der Waals surface area contributed by atoms with Gasteiger partial charge in [0.25, 0.3) is 5.91 Å². The number of hydrogen-bond donors (Lipinski definition) is 2. The number of likely N-dealkylation sites (tertiary alicyclic amines) is 1. The van der Waals surface area contributed by atoms with E-state index < -0.39 is 0 Å². The molecule has 0 spiro atoms. The van der Waals surface area contributed by atoms with E-state index in [9.17, 15) is 9.59 Å². The normalized spacial score (nSPS) is 20.8. The molecule has 1 unspecified atom stereocenters. The summed E-state index contributed by atoms with van der Waals surface area (Å²) >= 11 is 0. The van der Waals surface area contributed by atoms with Crippen molar-refractivity contribution in [1.82, 2.24) is 20.5 Å². The average molecular weight is 302 g/mol. The second kappa shape index (κ2) is 6.34. The summed E-state index contributed by atoms with van der Waals surface area (Å²) in [5.41, 5.74) is 1.49. The minimum atomic E-state index is -0.122. The highest BCUT2D eigenvalue weighted by Gasteiger charge is 2.28. The zero-order chi connectivity index (χ0) is 15.5. The second-order valence-electron chi connectivity index (χ2n) is 6.22. The summed E-state index contributed by atoms with van der Waals surface area (Å²) in [6, 6.07) is 3.54. The molecule has 2 fully saturated rings. The van der Waals surface area contributed by atoms with Crippen molar-refractivity contribution in [3.05, 3.63) is 29.6 Å². The van der Waals surface area contributed by atoms with Crippen LogP contribution in [0.4, 0.5) is 4.79 Å². The fraction of sp³-hybridized carbons (Fsp3) is 0.562. The first kappa shape index (κ1) is 14.8. The zero-order valence-electron chi connectivity index (χ0n) is 12.8. The Kier molecular flexibility index (Phi) is 4.27. The Morgan fingerprint density at radius 2 is 2.14 bits per heavy atom. The third-order valence-corrected chi connectivity index (χ3v) is 4.22. The molecule has 1 saturated heterocycles. The molecule has 1 aliphatic carbocycles. The van der Waals surface area contributed by atoms with Crippen LogP contribution in [0.25, 0.3) is 0 Å². The third-order valence-electron chi connectivity index (χ3n) is 4.22. The fourth-order valence-electron chi connectivity index (χ4n) is 2.63. The molecular weight excluding hydrogens is 280 g/mol. The number of nitrogens with one attached hydrogen (secondary N) is 2. The number of amides is 3. The lowest BCUT2D eigenvalue weighted by Crippen LogP contribution is -2.44. The summed E-state index contributed by atoms with van der Waals surface area (Å²) in [6.45, 7) is 3.88. The molecule has 1 aliphatic heterocycles. The van der Waals surface area contributed by atoms with Crippen molar-refractivity contribution in [2.75, 3.05) is 19.6 Å². The molecule has 1 aromatic heterocycles. The van der Waals surface area contributed by atoms with Crippen molar-refractivity contribution < 1.29 is 9.59 Å². The summed E-state index contributed by atoms with van der Waals surface area (Å²) in [5.74, 6) is 0.650. The van der Waals surface area contributed by atoms with E-state index in [2.05, 4.69) is 15.6 Å². The van der Waals surface area contributed by atoms with Crippen molar-refractivity contribution in [3.63, 3.8) is 0 Å². The van der Waals surface area contributed by atoms with Gasteiger partial charge in [-0.1, -0.05) is 0 Å². The minimum absolute atomic E-state index is 0.0183. The van der Waals surface area contributed by atoms with E-state index in [1.165, 1.54) is 12.8 Å². The molecule has 1 atom stereocenters. The van der Waals surface area contributed by atoms with Crippen LogP contribution in [0.3, 0.4) is 0 Å². The highest BCUT2D eigenvalue weighted by Crippen LogP contribution is 2.27. The summed E-state index contributed by atoms with van der Waals surface area (Å²) in [6.07, 6.45) is 4.84. The molecule has 1 aromatic rings. The molecule has 0 bridgehead atoms. The molecule has 1 saturated carbocycles. The number of aryl methyl sites for hydroxylation is 1. The number of pyridine rings is 1. The maximum Gasteiger partial charge on any atom is 0.315 e. The molecule has 0 radical (unpaired) electrons. The lowest BCUT2D eigenvalue weighted by atomic mass is 10.2. The second-order valence-corrected chi connectivity index (χ2v) is 6.22. The van der Waals surface area contributed by atoms with E-state index in [4.69, 9.17) is 0 Å². The van der Waals surface area contributed by atoms with Gasteiger partial charge in [-0.05, 0) is 44.2 Å². The van der Waals surface area contributed by atoms with Crippen LogP contribution in [-0.2, 0) is 0 Å². The van der Waals surface area contributed by atoms with Gasteiger partial charge in [0.2, 0.25) is 0 Å². The molecule has 6 heteroatoms. The Morgan fingerprint density at radius 3 is 2.82 bits per heavy atom. The van der Waals surface area contributed by atoms with E-state index in [0.29, 0.717) is 24.6 Å². The van der Waals surface area contributed by atoms with Gasteiger partial charge in [-0.15, -0.1) is 0 Å². The predicted octanol–water partition coefficient (Wildman–Crippen LogP) is 1.31. The standard InChI is InChI=1S/C16H22N4O2/c1-11-2-5-13(9-17-11)15(21)20-7-6-14(10-20)19-16(22)18-8-12-3-4-12/h2,5,9,12,14H,3-4,6-8,10H2,1H3,(H2,18,19,22). The number of hydrogen-bond acceptors (Lipinski definition) is 3. The molecule has 6 nitrogen and oxygen atoms in total. The maximum atomic E-state index is 12.4. The van der Waals surface area contributed by atoms with Gasteiger partial charge in [-0.25, -0.2) is 4.79 Å². The van der Waals surface area contributed by atoms with E-state index in [-0.39, 0.29) is 18.0 Å². The number of urea groups is 1. The molecule has 0 aromatic carbocycles. The monoisotopic (exact) mass is 302 g/mol. The number of rotatable bonds is 4. The first-order valence-corrected chi connectivity index (χ1v) is 7.88. The van der Waals surface area contributed by atoms with Gasteiger partial charge >= 0.3 is 6.03 Å². The van der Waals surface area contributed by atoms with Gasteiger partial charge in [0.05, 0.1) is 5.56 Å². The van der Waals surface area contributed by atoms with Crippen LogP contribution in [0.1, 0.15) is 35.3 Å². The summed E-state index contributed by atoms with van der Waals surface area (Å²) in [7, 11) is 0. The molecule has 3 amide bonds. The topological polar surface area (TPSA) is 74.3 Å². The number of carbonyl (C=O) groups is 2. The van der Waals surface area contributed by atoms with Crippen LogP contribution < -0.4 is 10.6 Å². The molecule has 22 heavy (non-hydrogen) atoms. The molecule has 2 N–H and O–H groups in total. The highest BCUT2D eigenvalue weighted by atomic mass is 16.2. The molecule has 3 rings (SSSR count). The van der Waals surface area contributed by atoms with Crippen LogP contribution >= 0.6 is 0 Å². The number of nitrogens with zero attached hydrogens (tertiary/aromatic N) is 2. The quantitative estimate of drug-likeness (QED) is 0.881. The molecule has 118 valence electrons. The minimum Gasteiger partial charge on any atom is -0.338 e. The Morgan fingerprint density at radius 1 is 1.32 bits per heavy atom. The Bertz CT molecular complexity index is 554. The number of aromatic nitrogens is 1. The van der Waals surface area contributed by atoms with Crippen LogP contribution in [0.15, 0.2) is 18.3 Å². The zero-order valence-corrected chi connectivity index (χ0v) is 12.8. The smallest absolute Gasteiger partial charge is 0.315 e. The Labute approximate surface area is 130 Å². The van der Waals surface area contributed by atoms with Crippen LogP contribution in [0.2, 0.25) is 0 Å². The predicted molar refractivity (Wildman–Crippen MR) is 82.5 cm³/mol. The van der Waals surface area contributed by atoms with Crippen LogP contribution in [-0.4, -0.2) is 47.5 Å². The van der Waals surface area contributed by atoms with Crippen LogP contribution in [0.5, 0.6) is 0 Å². The van der Waals surface area contributed by atoms with Crippen molar-refractivity contribution in [1.29, 1.82) is 0 Å². The lowest BCUT2D eigenvalue weighted by Gasteiger charge is -2.17. The van der Waals surface area contributed by atoms with Gasteiger partial charge < -0.3 is 15.5 Å². The lowest BCUT2D eigenvalue weighted by molar-refractivity contribution is 0.0789. The van der Waals surface area contributed by atoms with Crippen molar-refractivity contribution >= 4 is 11.9 Å². The van der Waals surface area contributed by atoms with E-state index in [0.717, 1.165) is 18.7 Å². The van der Waals surface area contributed by atoms with Gasteiger partial charge in [0.15, 0.2) is 0 Å². The van der Waals surface area contributed by atoms with Crippen molar-refractivity contribution in [2.24, 2.45) is 5.92 Å². The number of carbonyl (C=O) groups excluding carboxylic acids is 2. The molecular formula is C16H22N4O2. The van der Waals surface area contributed by atoms with E-state index in [1.54, 1.807) is 17.2 Å². The van der Waals surface area contributed by atoms with Crippen LogP contribution in [0, 0.1) is 12.8 Å². The largest absolute Gasteiger partial charge is 0.338 e. The van der Waals surface area contributed by atoms with Gasteiger partial charge in [0, 0.05) is 37.6 Å². The first-order valence-electron chi connectivity index (χ1n) is 7.88. The van der Waals surface area contributed by atoms with E-state index in [1.807, 2.05) is 13.0 Å². The summed E-state index contributed by atoms with van der Waals surface area (Å²) in [5, 5.41) is 5.84. The summed E-state index contributed by atoms with van der Waals surface area (Å²) in [4.78, 5) is 30.1. The van der Waals surface area contributed by atoms with Crippen molar-refractivity contribution in [3.8, 4) is 0 Å². The molecule has 2 aliphatic rings.